The molecule has 0 radical (unpaired) electrons. The third-order valence-corrected chi connectivity index (χ3v) is 3.47. The summed E-state index contributed by atoms with van der Waals surface area (Å²) in [6.07, 6.45) is -0.370. The number of aryl methyl sites for hydroxylation is 1. The van der Waals surface area contributed by atoms with E-state index in [2.05, 4.69) is 0 Å². The number of carbonyl (C=O) groups excluding carboxylic acids is 1. The van der Waals surface area contributed by atoms with Crippen molar-refractivity contribution >= 4 is 11.8 Å². The highest BCUT2D eigenvalue weighted by Gasteiger charge is 2.17. The number of hydrogen-bond donors (Lipinski definition) is 0. The molecule has 4 nitrogen and oxygen atoms in total. The summed E-state index contributed by atoms with van der Waals surface area (Å²) >= 11 is 0. The van der Waals surface area contributed by atoms with Gasteiger partial charge < -0.3 is 9.47 Å². The third kappa shape index (κ3) is 3.58. The fourth-order valence-corrected chi connectivity index (χ4v) is 2.28. The highest BCUT2D eigenvalue weighted by Crippen LogP contribution is 2.24. The molecule has 0 aliphatic heterocycles. The lowest BCUT2D eigenvalue weighted by Crippen LogP contribution is -2.31. The van der Waals surface area contributed by atoms with E-state index < -0.39 is 0 Å². The molecule has 0 heterocycles. The van der Waals surface area contributed by atoms with E-state index in [1.165, 1.54) is 7.11 Å². The summed E-state index contributed by atoms with van der Waals surface area (Å²) in [5.41, 5.74) is 2.84. The lowest BCUT2D eigenvalue weighted by Gasteiger charge is -2.22. The van der Waals surface area contributed by atoms with Gasteiger partial charge in [-0.05, 0) is 31.5 Å². The quantitative estimate of drug-likeness (QED) is 0.832. The molecule has 0 unspecified atom stereocenters. The number of rotatable bonds is 5. The van der Waals surface area contributed by atoms with Crippen LogP contribution in [0.15, 0.2) is 48.5 Å². The van der Waals surface area contributed by atoms with Gasteiger partial charge in [0.05, 0.1) is 12.8 Å². The fourth-order valence-electron chi connectivity index (χ4n) is 2.28. The van der Waals surface area contributed by atoms with Crippen LogP contribution < -0.4 is 9.64 Å². The van der Waals surface area contributed by atoms with Gasteiger partial charge in [0.1, 0.15) is 12.4 Å². The lowest BCUT2D eigenvalue weighted by molar-refractivity contribution is 0.179. The molecule has 0 fully saturated rings. The Bertz CT molecular complexity index is 640. The zero-order valence-electron chi connectivity index (χ0n) is 13.2. The molecule has 0 atom stereocenters. The molecule has 0 aromatic heterocycles. The molecule has 0 N–H and O–H groups in total. The highest BCUT2D eigenvalue weighted by molar-refractivity contribution is 5.88. The van der Waals surface area contributed by atoms with Gasteiger partial charge in [0.2, 0.25) is 0 Å². The first-order chi connectivity index (χ1) is 10.7. The zero-order valence-corrected chi connectivity index (χ0v) is 13.2. The van der Waals surface area contributed by atoms with Crippen LogP contribution in [-0.2, 0) is 11.3 Å². The standard InChI is InChI=1S/C18H21NO3/c1-4-19(18(20)21-3)16-11-7-6-10-15(16)13-22-17-12-8-5-9-14(17)2/h5-12H,4,13H2,1-3H3. The molecular weight excluding hydrogens is 278 g/mol. The Labute approximate surface area is 131 Å². The molecule has 116 valence electrons. The lowest BCUT2D eigenvalue weighted by atomic mass is 10.1. The SMILES string of the molecule is CCN(C(=O)OC)c1ccccc1COc1ccccc1C. The Balaban J connectivity index is 2.21. The van der Waals surface area contributed by atoms with E-state index in [4.69, 9.17) is 9.47 Å². The van der Waals surface area contributed by atoms with E-state index in [-0.39, 0.29) is 6.09 Å². The first kappa shape index (κ1) is 15.9. The van der Waals surface area contributed by atoms with Gasteiger partial charge in [-0.15, -0.1) is 0 Å². The Morgan fingerprint density at radius 1 is 1.09 bits per heavy atom. The molecule has 0 spiro atoms. The van der Waals surface area contributed by atoms with E-state index in [0.29, 0.717) is 13.2 Å². The molecule has 2 rings (SSSR count). The normalized spacial score (nSPS) is 10.1. The maximum Gasteiger partial charge on any atom is 0.413 e. The minimum absolute atomic E-state index is 0.370. The summed E-state index contributed by atoms with van der Waals surface area (Å²) in [4.78, 5) is 13.5. The third-order valence-electron chi connectivity index (χ3n) is 3.47. The van der Waals surface area contributed by atoms with Gasteiger partial charge in [-0.1, -0.05) is 36.4 Å². The average Bonchev–Trinajstić information content (AvgIpc) is 2.55. The molecule has 0 saturated heterocycles. The van der Waals surface area contributed by atoms with Crippen LogP contribution in [0.1, 0.15) is 18.1 Å². The number of hydrogen-bond acceptors (Lipinski definition) is 3. The molecule has 22 heavy (non-hydrogen) atoms. The number of amides is 1. The van der Waals surface area contributed by atoms with E-state index in [0.717, 1.165) is 22.6 Å². The van der Waals surface area contributed by atoms with Gasteiger partial charge in [0, 0.05) is 12.1 Å². The summed E-state index contributed by atoms with van der Waals surface area (Å²) in [5, 5.41) is 0. The zero-order chi connectivity index (χ0) is 15.9. The Hall–Kier alpha value is -2.49. The number of nitrogens with zero attached hydrogens (tertiary/aromatic N) is 1. The van der Waals surface area contributed by atoms with Gasteiger partial charge in [-0.2, -0.15) is 0 Å². The molecule has 4 heteroatoms. The van der Waals surface area contributed by atoms with Crippen molar-refractivity contribution in [2.45, 2.75) is 20.5 Å². The van der Waals surface area contributed by atoms with Crippen molar-refractivity contribution in [1.82, 2.24) is 0 Å². The van der Waals surface area contributed by atoms with Crippen molar-refractivity contribution in [1.29, 1.82) is 0 Å². The van der Waals surface area contributed by atoms with Crippen molar-refractivity contribution in [3.63, 3.8) is 0 Å². The van der Waals surface area contributed by atoms with Gasteiger partial charge in [0.25, 0.3) is 0 Å². The second kappa shape index (κ2) is 7.50. The Morgan fingerprint density at radius 2 is 1.77 bits per heavy atom. The molecule has 2 aromatic rings. The van der Waals surface area contributed by atoms with E-state index in [1.807, 2.05) is 62.4 Å². The van der Waals surface area contributed by atoms with Crippen LogP contribution in [0.2, 0.25) is 0 Å². The van der Waals surface area contributed by atoms with Crippen LogP contribution in [-0.4, -0.2) is 19.7 Å². The second-order valence-corrected chi connectivity index (χ2v) is 4.90. The van der Waals surface area contributed by atoms with Crippen molar-refractivity contribution in [2.24, 2.45) is 0 Å². The Kier molecular flexibility index (Phi) is 5.42. The molecular formula is C18H21NO3. The Morgan fingerprint density at radius 3 is 2.45 bits per heavy atom. The highest BCUT2D eigenvalue weighted by atomic mass is 16.5. The number of para-hydroxylation sites is 2. The molecule has 1 amide bonds. The number of benzene rings is 2. The van der Waals surface area contributed by atoms with Gasteiger partial charge in [0.15, 0.2) is 0 Å². The van der Waals surface area contributed by atoms with Gasteiger partial charge in [-0.25, -0.2) is 4.79 Å². The first-order valence-corrected chi connectivity index (χ1v) is 7.29. The minimum Gasteiger partial charge on any atom is -0.489 e. The molecule has 0 aliphatic carbocycles. The summed E-state index contributed by atoms with van der Waals surface area (Å²) in [6, 6.07) is 15.6. The monoisotopic (exact) mass is 299 g/mol. The van der Waals surface area contributed by atoms with Crippen LogP contribution in [0.25, 0.3) is 0 Å². The summed E-state index contributed by atoms with van der Waals surface area (Å²) in [5.74, 6) is 0.846. The maximum atomic E-state index is 11.9. The van der Waals surface area contributed by atoms with E-state index in [1.54, 1.807) is 4.90 Å². The van der Waals surface area contributed by atoms with Crippen LogP contribution >= 0.6 is 0 Å². The van der Waals surface area contributed by atoms with Crippen molar-refractivity contribution < 1.29 is 14.3 Å². The van der Waals surface area contributed by atoms with Crippen LogP contribution in [0.4, 0.5) is 10.5 Å². The van der Waals surface area contributed by atoms with E-state index in [9.17, 15) is 4.79 Å². The van der Waals surface area contributed by atoms with Crippen molar-refractivity contribution in [3.8, 4) is 5.75 Å². The van der Waals surface area contributed by atoms with E-state index >= 15 is 0 Å². The summed E-state index contributed by atoms with van der Waals surface area (Å²) in [6.45, 7) is 4.85. The van der Waals surface area contributed by atoms with Crippen molar-refractivity contribution in [3.05, 3.63) is 59.7 Å². The first-order valence-electron chi connectivity index (χ1n) is 7.29. The summed E-state index contributed by atoms with van der Waals surface area (Å²) in [7, 11) is 1.39. The van der Waals surface area contributed by atoms with Gasteiger partial charge in [-0.3, -0.25) is 4.90 Å². The van der Waals surface area contributed by atoms with Crippen LogP contribution in [0.5, 0.6) is 5.75 Å². The smallest absolute Gasteiger partial charge is 0.413 e. The van der Waals surface area contributed by atoms with Crippen LogP contribution in [0.3, 0.4) is 0 Å². The topological polar surface area (TPSA) is 38.8 Å². The van der Waals surface area contributed by atoms with Gasteiger partial charge >= 0.3 is 6.09 Å². The summed E-state index contributed by atoms with van der Waals surface area (Å²) < 4.78 is 10.7. The number of methoxy groups -OCH3 is 1. The predicted octanol–water partition coefficient (Wildman–Crippen LogP) is 4.17. The minimum atomic E-state index is -0.370. The van der Waals surface area contributed by atoms with Crippen LogP contribution in [0, 0.1) is 6.92 Å². The second-order valence-electron chi connectivity index (χ2n) is 4.90. The number of ether oxygens (including phenoxy) is 2. The molecule has 0 bridgehead atoms. The largest absolute Gasteiger partial charge is 0.489 e. The number of carbonyl (C=O) groups is 1. The maximum absolute atomic E-state index is 11.9. The fraction of sp³-hybridized carbons (Fsp3) is 0.278. The molecule has 0 saturated carbocycles. The predicted molar refractivity (Wildman–Crippen MR) is 87.4 cm³/mol. The van der Waals surface area contributed by atoms with Crippen molar-refractivity contribution in [2.75, 3.05) is 18.6 Å². The molecule has 0 aliphatic rings. The molecule has 2 aromatic carbocycles. The average molecular weight is 299 g/mol. The number of anilines is 1.